The molecule has 102 valence electrons. The molecule has 0 amide bonds. The second kappa shape index (κ2) is 5.47. The van der Waals surface area contributed by atoms with Crippen molar-refractivity contribution < 1.29 is 0 Å². The molecule has 1 fully saturated rings. The van der Waals surface area contributed by atoms with Gasteiger partial charge < -0.3 is 9.88 Å². The molecule has 0 aliphatic heterocycles. The predicted molar refractivity (Wildman–Crippen MR) is 79.6 cm³/mol. The molecule has 2 aromatic rings. The van der Waals surface area contributed by atoms with Crippen molar-refractivity contribution in [3.8, 4) is 0 Å². The number of hydrogen-bond acceptors (Lipinski definition) is 3. The zero-order valence-corrected chi connectivity index (χ0v) is 12.4. The molecule has 0 aromatic carbocycles. The Bertz CT molecular complexity index is 539. The van der Waals surface area contributed by atoms with E-state index in [1.54, 1.807) is 11.3 Å². The van der Waals surface area contributed by atoms with Crippen LogP contribution in [0.4, 0.5) is 0 Å². The molecule has 1 aliphatic carbocycles. The van der Waals surface area contributed by atoms with E-state index in [4.69, 9.17) is 0 Å². The zero-order valence-electron chi connectivity index (χ0n) is 11.6. The van der Waals surface area contributed by atoms with Gasteiger partial charge in [-0.15, -0.1) is 11.3 Å². The Morgan fingerprint density at radius 2 is 2.37 bits per heavy atom. The van der Waals surface area contributed by atoms with Crippen LogP contribution in [0.1, 0.15) is 42.1 Å². The molecule has 1 atom stereocenters. The zero-order chi connectivity index (χ0) is 13.2. The summed E-state index contributed by atoms with van der Waals surface area (Å²) in [5.41, 5.74) is 2.59. The van der Waals surface area contributed by atoms with E-state index in [1.807, 2.05) is 0 Å². The van der Waals surface area contributed by atoms with Crippen molar-refractivity contribution in [3.63, 3.8) is 0 Å². The van der Waals surface area contributed by atoms with E-state index in [0.717, 1.165) is 18.9 Å². The summed E-state index contributed by atoms with van der Waals surface area (Å²) in [5.74, 6) is 0.840. The maximum atomic E-state index is 4.63. The van der Waals surface area contributed by atoms with Crippen molar-refractivity contribution in [3.05, 3.63) is 40.1 Å². The van der Waals surface area contributed by atoms with E-state index < -0.39 is 0 Å². The standard InChI is InChI=1S/C15H21N3S/c1-3-14-17-13(10-19-14)9-18-7-6-12(8-18)15(16-2)11-4-5-11/h6-8,10-11,15-16H,3-5,9H2,1-2H3. The van der Waals surface area contributed by atoms with Crippen molar-refractivity contribution in [2.75, 3.05) is 7.05 Å². The average Bonchev–Trinajstić information content (AvgIpc) is 2.98. The van der Waals surface area contributed by atoms with Crippen molar-refractivity contribution in [1.29, 1.82) is 0 Å². The van der Waals surface area contributed by atoms with Crippen LogP contribution in [0.5, 0.6) is 0 Å². The lowest BCUT2D eigenvalue weighted by molar-refractivity contribution is 0.528. The second-order valence-electron chi connectivity index (χ2n) is 5.31. The molecule has 3 rings (SSSR count). The van der Waals surface area contributed by atoms with Gasteiger partial charge >= 0.3 is 0 Å². The topological polar surface area (TPSA) is 29.9 Å². The van der Waals surface area contributed by atoms with Crippen LogP contribution in [-0.4, -0.2) is 16.6 Å². The molecule has 0 bridgehead atoms. The first-order chi connectivity index (χ1) is 9.30. The molecule has 1 unspecified atom stereocenters. The van der Waals surface area contributed by atoms with Crippen LogP contribution < -0.4 is 5.32 Å². The largest absolute Gasteiger partial charge is 0.348 e. The van der Waals surface area contributed by atoms with Gasteiger partial charge in [0.1, 0.15) is 0 Å². The van der Waals surface area contributed by atoms with Gasteiger partial charge in [0.2, 0.25) is 0 Å². The number of thiazole rings is 1. The van der Waals surface area contributed by atoms with Gasteiger partial charge in [-0.25, -0.2) is 4.98 Å². The third kappa shape index (κ3) is 2.90. The van der Waals surface area contributed by atoms with Crippen molar-refractivity contribution in [1.82, 2.24) is 14.9 Å². The Kier molecular flexibility index (Phi) is 3.71. The summed E-state index contributed by atoms with van der Waals surface area (Å²) < 4.78 is 2.25. The molecular weight excluding hydrogens is 254 g/mol. The molecule has 0 radical (unpaired) electrons. The highest BCUT2D eigenvalue weighted by Crippen LogP contribution is 2.40. The molecule has 2 heterocycles. The van der Waals surface area contributed by atoms with Gasteiger partial charge in [0.05, 0.1) is 17.2 Å². The van der Waals surface area contributed by atoms with Crippen LogP contribution in [-0.2, 0) is 13.0 Å². The first kappa shape index (κ1) is 12.9. The predicted octanol–water partition coefficient (Wildman–Crippen LogP) is 3.23. The number of nitrogens with zero attached hydrogens (tertiary/aromatic N) is 2. The van der Waals surface area contributed by atoms with Crippen molar-refractivity contribution in [2.24, 2.45) is 5.92 Å². The molecule has 1 aliphatic rings. The van der Waals surface area contributed by atoms with E-state index in [1.165, 1.54) is 29.1 Å². The summed E-state index contributed by atoms with van der Waals surface area (Å²) >= 11 is 1.76. The van der Waals surface area contributed by atoms with Gasteiger partial charge in [-0.05, 0) is 43.9 Å². The second-order valence-corrected chi connectivity index (χ2v) is 6.25. The van der Waals surface area contributed by atoms with E-state index in [2.05, 4.69) is 52.7 Å². The maximum absolute atomic E-state index is 4.63. The fourth-order valence-corrected chi connectivity index (χ4v) is 3.35. The molecule has 0 saturated heterocycles. The lowest BCUT2D eigenvalue weighted by Gasteiger charge is -2.13. The lowest BCUT2D eigenvalue weighted by atomic mass is 10.1. The summed E-state index contributed by atoms with van der Waals surface area (Å²) in [4.78, 5) is 4.63. The molecule has 2 aromatic heterocycles. The Labute approximate surface area is 118 Å². The Balaban J connectivity index is 1.70. The van der Waals surface area contributed by atoms with Crippen LogP contribution in [0.2, 0.25) is 0 Å². The highest BCUT2D eigenvalue weighted by molar-refractivity contribution is 7.09. The molecule has 4 heteroatoms. The van der Waals surface area contributed by atoms with Gasteiger partial charge in [-0.2, -0.15) is 0 Å². The minimum atomic E-state index is 0.530. The van der Waals surface area contributed by atoms with Crippen molar-refractivity contribution >= 4 is 11.3 Å². The van der Waals surface area contributed by atoms with Crippen LogP contribution in [0, 0.1) is 5.92 Å². The Hall–Kier alpha value is -1.13. The third-order valence-electron chi connectivity index (χ3n) is 3.78. The summed E-state index contributed by atoms with van der Waals surface area (Å²) in [6, 6.07) is 2.77. The SMILES string of the molecule is CCc1nc(Cn2ccc(C(NC)C3CC3)c2)cs1. The van der Waals surface area contributed by atoms with Crippen LogP contribution >= 0.6 is 11.3 Å². The fraction of sp³-hybridized carbons (Fsp3) is 0.533. The first-order valence-electron chi connectivity index (χ1n) is 7.06. The van der Waals surface area contributed by atoms with E-state index in [-0.39, 0.29) is 0 Å². The number of hydrogen-bond donors (Lipinski definition) is 1. The van der Waals surface area contributed by atoms with E-state index in [9.17, 15) is 0 Å². The highest BCUT2D eigenvalue weighted by atomic mass is 32.1. The molecule has 0 spiro atoms. The average molecular weight is 275 g/mol. The van der Waals surface area contributed by atoms with Crippen LogP contribution in [0.15, 0.2) is 23.8 Å². The van der Waals surface area contributed by atoms with E-state index >= 15 is 0 Å². The summed E-state index contributed by atoms with van der Waals surface area (Å²) in [6.45, 7) is 3.04. The van der Waals surface area contributed by atoms with Gasteiger partial charge in [0, 0.05) is 23.8 Å². The van der Waals surface area contributed by atoms with Crippen LogP contribution in [0.3, 0.4) is 0 Å². The lowest BCUT2D eigenvalue weighted by Crippen LogP contribution is -2.17. The minimum absolute atomic E-state index is 0.530. The number of rotatable bonds is 6. The fourth-order valence-electron chi connectivity index (χ4n) is 2.62. The normalized spacial score (nSPS) is 16.7. The van der Waals surface area contributed by atoms with Crippen molar-refractivity contribution in [2.45, 2.75) is 38.8 Å². The molecular formula is C15H21N3S. The maximum Gasteiger partial charge on any atom is 0.0926 e. The van der Waals surface area contributed by atoms with Gasteiger partial charge in [-0.1, -0.05) is 6.92 Å². The number of aryl methyl sites for hydroxylation is 1. The molecule has 19 heavy (non-hydrogen) atoms. The highest BCUT2D eigenvalue weighted by Gasteiger charge is 2.31. The monoisotopic (exact) mass is 275 g/mol. The Morgan fingerprint density at radius 3 is 3.00 bits per heavy atom. The molecule has 1 N–H and O–H groups in total. The number of nitrogens with one attached hydrogen (secondary N) is 1. The quantitative estimate of drug-likeness (QED) is 0.877. The van der Waals surface area contributed by atoms with Gasteiger partial charge in [0.25, 0.3) is 0 Å². The molecule has 1 saturated carbocycles. The van der Waals surface area contributed by atoms with E-state index in [0.29, 0.717) is 6.04 Å². The number of aromatic nitrogens is 2. The molecule has 3 nitrogen and oxygen atoms in total. The summed E-state index contributed by atoms with van der Waals surface area (Å²) in [7, 11) is 2.06. The van der Waals surface area contributed by atoms with Gasteiger partial charge in [-0.3, -0.25) is 0 Å². The Morgan fingerprint density at radius 1 is 1.53 bits per heavy atom. The smallest absolute Gasteiger partial charge is 0.0926 e. The third-order valence-corrected chi connectivity index (χ3v) is 4.83. The van der Waals surface area contributed by atoms with Crippen LogP contribution in [0.25, 0.3) is 0 Å². The van der Waals surface area contributed by atoms with Gasteiger partial charge in [0.15, 0.2) is 0 Å². The first-order valence-corrected chi connectivity index (χ1v) is 7.94. The summed E-state index contributed by atoms with van der Waals surface area (Å²) in [5, 5.41) is 6.85. The summed E-state index contributed by atoms with van der Waals surface area (Å²) in [6.07, 6.45) is 8.20. The minimum Gasteiger partial charge on any atom is -0.348 e.